The van der Waals surface area contributed by atoms with Gasteiger partial charge in [0.05, 0.1) is 11.3 Å². The third kappa shape index (κ3) is 3.57. The lowest BCUT2D eigenvalue weighted by atomic mass is 9.93. The van der Waals surface area contributed by atoms with Crippen molar-refractivity contribution in [3.05, 3.63) is 65.1 Å². The summed E-state index contributed by atoms with van der Waals surface area (Å²) < 4.78 is 56.7. The molecule has 1 aliphatic carbocycles. The molecule has 1 amide bonds. The highest BCUT2D eigenvalue weighted by atomic mass is 19.4. The Labute approximate surface area is 187 Å². The monoisotopic (exact) mass is 459 g/mol. The van der Waals surface area contributed by atoms with Crippen LogP contribution in [0.25, 0.3) is 5.69 Å². The van der Waals surface area contributed by atoms with Gasteiger partial charge in [-0.25, -0.2) is 9.37 Å². The third-order valence-corrected chi connectivity index (χ3v) is 6.52. The first-order valence-corrected chi connectivity index (χ1v) is 10.7. The molecular weight excluding hydrogens is 438 g/mol. The number of halogens is 4. The van der Waals surface area contributed by atoms with Crippen molar-refractivity contribution in [1.82, 2.24) is 19.7 Å². The number of rotatable bonds is 3. The number of pyridine rings is 1. The normalized spacial score (nSPS) is 22.8. The summed E-state index contributed by atoms with van der Waals surface area (Å²) in [6, 6.07) is 5.75. The van der Waals surface area contributed by atoms with Gasteiger partial charge in [0.2, 0.25) is 5.91 Å². The number of hydrogen-bond acceptors (Lipinski definition) is 4. The van der Waals surface area contributed by atoms with Gasteiger partial charge in [-0.2, -0.15) is 13.2 Å². The first kappa shape index (κ1) is 21.5. The van der Waals surface area contributed by atoms with Gasteiger partial charge in [-0.05, 0) is 62.4 Å². The molecule has 2 fully saturated rings. The third-order valence-electron chi connectivity index (χ3n) is 6.52. The van der Waals surface area contributed by atoms with E-state index < -0.39 is 23.6 Å². The Morgan fingerprint density at radius 2 is 1.88 bits per heavy atom. The second-order valence-electron chi connectivity index (χ2n) is 8.72. The maximum absolute atomic E-state index is 14.7. The average molecular weight is 459 g/mol. The molecule has 3 unspecified atom stereocenters. The largest absolute Gasteiger partial charge is 0.416 e. The molecule has 0 N–H and O–H groups in total. The summed E-state index contributed by atoms with van der Waals surface area (Å²) in [4.78, 5) is 19.0. The SMILES string of the molecule is Cc1ccc(F)c(-n2cnnc2C2C3CCCC3C(=O)N2c2cc(C(F)(F)F)cc(C)n2)c1. The number of aromatic nitrogens is 4. The van der Waals surface area contributed by atoms with Crippen molar-refractivity contribution in [3.63, 3.8) is 0 Å². The van der Waals surface area contributed by atoms with Gasteiger partial charge in [0.15, 0.2) is 5.82 Å². The van der Waals surface area contributed by atoms with Crippen LogP contribution < -0.4 is 4.90 Å². The van der Waals surface area contributed by atoms with Crippen molar-refractivity contribution >= 4 is 11.7 Å². The lowest BCUT2D eigenvalue weighted by Crippen LogP contribution is -2.33. The highest BCUT2D eigenvalue weighted by molar-refractivity contribution is 5.98. The minimum absolute atomic E-state index is 0.0778. The summed E-state index contributed by atoms with van der Waals surface area (Å²) in [5, 5.41) is 8.18. The first-order chi connectivity index (χ1) is 15.6. The smallest absolute Gasteiger partial charge is 0.285 e. The molecular formula is C23H21F4N5O. The topological polar surface area (TPSA) is 63.9 Å². The van der Waals surface area contributed by atoms with Crippen LogP contribution in [-0.2, 0) is 11.0 Å². The van der Waals surface area contributed by atoms with Crippen LogP contribution in [0.3, 0.4) is 0 Å². The molecule has 3 aromatic rings. The molecule has 0 spiro atoms. The molecule has 10 heteroatoms. The lowest BCUT2D eigenvalue weighted by molar-refractivity contribution is -0.137. The van der Waals surface area contributed by atoms with Crippen molar-refractivity contribution in [3.8, 4) is 5.69 Å². The van der Waals surface area contributed by atoms with Gasteiger partial charge in [-0.3, -0.25) is 14.3 Å². The van der Waals surface area contributed by atoms with Crippen molar-refractivity contribution in [1.29, 1.82) is 0 Å². The fourth-order valence-electron chi connectivity index (χ4n) is 5.12. The van der Waals surface area contributed by atoms with E-state index in [9.17, 15) is 22.4 Å². The molecule has 0 radical (unpaired) electrons. The molecule has 2 aromatic heterocycles. The molecule has 172 valence electrons. The summed E-state index contributed by atoms with van der Waals surface area (Å²) in [7, 11) is 0. The van der Waals surface area contributed by atoms with Gasteiger partial charge in [0.1, 0.15) is 24.0 Å². The van der Waals surface area contributed by atoms with Gasteiger partial charge in [-0.1, -0.05) is 12.5 Å². The number of anilines is 1. The van der Waals surface area contributed by atoms with E-state index in [1.165, 1.54) is 28.8 Å². The molecule has 6 nitrogen and oxygen atoms in total. The van der Waals surface area contributed by atoms with Crippen molar-refractivity contribution in [2.45, 2.75) is 45.3 Å². The zero-order chi connectivity index (χ0) is 23.5. The minimum Gasteiger partial charge on any atom is -0.285 e. The summed E-state index contributed by atoms with van der Waals surface area (Å²) >= 11 is 0. The number of carbonyl (C=O) groups excluding carboxylic acids is 1. The highest BCUT2D eigenvalue weighted by Gasteiger charge is 2.53. The predicted molar refractivity (Wildman–Crippen MR) is 111 cm³/mol. The number of nitrogens with zero attached hydrogens (tertiary/aromatic N) is 5. The minimum atomic E-state index is -4.58. The molecule has 1 saturated heterocycles. The van der Waals surface area contributed by atoms with Crippen LogP contribution in [0.4, 0.5) is 23.4 Å². The maximum Gasteiger partial charge on any atom is 0.416 e. The maximum atomic E-state index is 14.7. The summed E-state index contributed by atoms with van der Waals surface area (Å²) in [5.74, 6) is -1.07. The van der Waals surface area contributed by atoms with Crippen LogP contribution in [-0.4, -0.2) is 25.7 Å². The van der Waals surface area contributed by atoms with Crippen LogP contribution in [0.15, 0.2) is 36.7 Å². The van der Waals surface area contributed by atoms with Gasteiger partial charge in [-0.15, -0.1) is 10.2 Å². The number of fused-ring (bicyclic) bond motifs is 1. The second-order valence-corrected chi connectivity index (χ2v) is 8.72. The Hall–Kier alpha value is -3.30. The number of amides is 1. The molecule has 0 bridgehead atoms. The van der Waals surface area contributed by atoms with E-state index in [0.717, 1.165) is 24.1 Å². The van der Waals surface area contributed by atoms with E-state index >= 15 is 0 Å². The fourth-order valence-corrected chi connectivity index (χ4v) is 5.12. The molecule has 1 aromatic carbocycles. The number of carbonyl (C=O) groups is 1. The van der Waals surface area contributed by atoms with Crippen molar-refractivity contribution in [2.75, 3.05) is 4.90 Å². The molecule has 1 saturated carbocycles. The van der Waals surface area contributed by atoms with Gasteiger partial charge in [0.25, 0.3) is 0 Å². The fraction of sp³-hybridized carbons (Fsp3) is 0.391. The molecule has 2 aliphatic rings. The number of benzene rings is 1. The summed E-state index contributed by atoms with van der Waals surface area (Å²) in [5.41, 5.74) is 0.311. The highest BCUT2D eigenvalue weighted by Crippen LogP contribution is 2.51. The summed E-state index contributed by atoms with van der Waals surface area (Å²) in [6.45, 7) is 3.28. The van der Waals surface area contributed by atoms with Crippen LogP contribution in [0.1, 0.15) is 47.9 Å². The van der Waals surface area contributed by atoms with E-state index in [2.05, 4.69) is 15.2 Å². The van der Waals surface area contributed by atoms with E-state index in [0.29, 0.717) is 18.7 Å². The Morgan fingerprint density at radius 3 is 2.64 bits per heavy atom. The number of aryl methyl sites for hydroxylation is 2. The quantitative estimate of drug-likeness (QED) is 0.521. The Balaban J connectivity index is 1.67. The van der Waals surface area contributed by atoms with Crippen LogP contribution in [0.5, 0.6) is 0 Å². The molecule has 3 heterocycles. The molecule has 3 atom stereocenters. The number of hydrogen-bond donors (Lipinski definition) is 0. The standard InChI is InChI=1S/C23H21F4N5O/c1-12-6-7-17(24)18(8-12)31-11-28-30-21(31)20-15-4-3-5-16(15)22(33)32(20)19-10-14(23(25,26)27)9-13(2)29-19/h6-11,15-16,20H,3-5H2,1-2H3. The van der Waals surface area contributed by atoms with E-state index in [-0.39, 0.29) is 34.9 Å². The Kier molecular flexibility index (Phi) is 4.98. The molecule has 5 rings (SSSR count). The van der Waals surface area contributed by atoms with Crippen LogP contribution in [0, 0.1) is 31.5 Å². The molecule has 33 heavy (non-hydrogen) atoms. The van der Waals surface area contributed by atoms with E-state index in [1.807, 2.05) is 6.92 Å². The van der Waals surface area contributed by atoms with Crippen LogP contribution >= 0.6 is 0 Å². The average Bonchev–Trinajstić information content (AvgIpc) is 3.46. The Morgan fingerprint density at radius 1 is 1.09 bits per heavy atom. The van der Waals surface area contributed by atoms with Gasteiger partial charge >= 0.3 is 6.18 Å². The van der Waals surface area contributed by atoms with Crippen LogP contribution in [0.2, 0.25) is 0 Å². The predicted octanol–water partition coefficient (Wildman–Crippen LogP) is 4.94. The number of alkyl halides is 3. The molecule has 1 aliphatic heterocycles. The Bertz CT molecular complexity index is 1240. The van der Waals surface area contributed by atoms with Gasteiger partial charge < -0.3 is 0 Å². The lowest BCUT2D eigenvalue weighted by Gasteiger charge is -2.27. The van der Waals surface area contributed by atoms with Gasteiger partial charge in [0, 0.05) is 11.6 Å². The first-order valence-electron chi connectivity index (χ1n) is 10.7. The van der Waals surface area contributed by atoms with E-state index in [1.54, 1.807) is 12.1 Å². The van der Waals surface area contributed by atoms with Crippen molar-refractivity contribution < 1.29 is 22.4 Å². The van der Waals surface area contributed by atoms with Crippen molar-refractivity contribution in [2.24, 2.45) is 11.8 Å². The summed E-state index contributed by atoms with van der Waals surface area (Å²) in [6.07, 6.45) is -1.04. The zero-order valence-electron chi connectivity index (χ0n) is 18.0. The second kappa shape index (κ2) is 7.64. The zero-order valence-corrected chi connectivity index (χ0v) is 18.0. The van der Waals surface area contributed by atoms with E-state index in [4.69, 9.17) is 0 Å².